The Bertz CT molecular complexity index is 1090. The minimum atomic E-state index is -0.00674. The predicted molar refractivity (Wildman–Crippen MR) is 144 cm³/mol. The number of carbonyl (C=O) groups excluding carboxylic acids is 1. The molecular formula is C30H42N3O2S+. The van der Waals surface area contributed by atoms with E-state index >= 15 is 0 Å². The molecule has 0 unspecified atom stereocenters. The van der Waals surface area contributed by atoms with Gasteiger partial charge in [-0.1, -0.05) is 37.5 Å². The molecule has 3 heterocycles. The molecule has 194 valence electrons. The molecule has 0 bridgehead atoms. The number of hydrogen-bond acceptors (Lipinski definition) is 4. The number of nitrogens with zero attached hydrogens (tertiary/aromatic N) is 2. The average Bonchev–Trinajstić information content (AvgIpc) is 3.52. The number of aryl methyl sites for hydroxylation is 2. The highest BCUT2D eigenvalue weighted by Crippen LogP contribution is 2.48. The highest BCUT2D eigenvalue weighted by molar-refractivity contribution is 7.11. The van der Waals surface area contributed by atoms with E-state index in [2.05, 4.69) is 41.4 Å². The predicted octanol–water partition coefficient (Wildman–Crippen LogP) is 4.58. The quantitative estimate of drug-likeness (QED) is 0.658. The van der Waals surface area contributed by atoms with E-state index in [-0.39, 0.29) is 11.3 Å². The second-order valence-corrected chi connectivity index (χ2v) is 13.0. The summed E-state index contributed by atoms with van der Waals surface area (Å²) in [5.41, 5.74) is 2.61. The number of methoxy groups -OCH3 is 1. The van der Waals surface area contributed by atoms with E-state index in [4.69, 9.17) is 9.72 Å². The summed E-state index contributed by atoms with van der Waals surface area (Å²) in [6, 6.07) is 8.90. The molecule has 3 fully saturated rings. The molecule has 1 aromatic carbocycles. The lowest BCUT2D eigenvalue weighted by Crippen LogP contribution is -2.82. The Labute approximate surface area is 220 Å². The van der Waals surface area contributed by atoms with Crippen molar-refractivity contribution in [1.82, 2.24) is 9.88 Å². The maximum atomic E-state index is 14.6. The zero-order valence-corrected chi connectivity index (χ0v) is 22.8. The smallest absolute Gasteiger partial charge is 0.232 e. The number of carbonyl (C=O) groups is 1. The molecule has 2 aliphatic heterocycles. The molecule has 36 heavy (non-hydrogen) atoms. The lowest BCUT2D eigenvalue weighted by Gasteiger charge is -2.47. The Morgan fingerprint density at radius 1 is 1.17 bits per heavy atom. The van der Waals surface area contributed by atoms with Gasteiger partial charge in [0.25, 0.3) is 0 Å². The van der Waals surface area contributed by atoms with E-state index in [0.29, 0.717) is 23.8 Å². The molecule has 2 saturated heterocycles. The number of ether oxygens (including phenoxy) is 1. The van der Waals surface area contributed by atoms with Gasteiger partial charge in [-0.3, -0.25) is 4.79 Å². The monoisotopic (exact) mass is 508 g/mol. The number of benzene rings is 1. The number of amides is 1. The maximum Gasteiger partial charge on any atom is 0.232 e. The first-order valence-electron chi connectivity index (χ1n) is 14.3. The molecule has 1 spiro atoms. The zero-order chi connectivity index (χ0) is 24.7. The van der Waals surface area contributed by atoms with Crippen molar-refractivity contribution in [3.8, 4) is 5.75 Å². The van der Waals surface area contributed by atoms with Crippen LogP contribution in [0.5, 0.6) is 5.75 Å². The Morgan fingerprint density at radius 2 is 2.00 bits per heavy atom. The molecule has 1 aromatic heterocycles. The van der Waals surface area contributed by atoms with E-state index in [1.165, 1.54) is 48.2 Å². The van der Waals surface area contributed by atoms with E-state index in [1.54, 1.807) is 7.11 Å². The normalized spacial score (nSPS) is 30.9. The molecule has 4 aliphatic rings. The first-order valence-corrected chi connectivity index (χ1v) is 15.1. The number of para-hydroxylation sites is 1. The zero-order valence-electron chi connectivity index (χ0n) is 22.0. The van der Waals surface area contributed by atoms with Gasteiger partial charge in [0.05, 0.1) is 36.3 Å². The van der Waals surface area contributed by atoms with Gasteiger partial charge in [0.1, 0.15) is 11.7 Å². The standard InChI is InChI=1S/C30H41N3O2S/c1-20-32-25-12-8-15-30(28(25)36-20)19-31-18-24(30)29(34)33-16-14-22(23-11-6-7-13-27(23)35-2)17-26(33)21-9-4-3-5-10-21/h6-7,11,13,21-22,24,26,31H,3-5,8-10,12,14-19H2,1-2H3/p+1/t22-,24+,26+,30-/m1/s1. The number of quaternary nitrogens is 1. The van der Waals surface area contributed by atoms with Crippen LogP contribution in [0.15, 0.2) is 24.3 Å². The molecule has 6 heteroatoms. The third-order valence-corrected chi connectivity index (χ3v) is 11.1. The second kappa shape index (κ2) is 10.1. The Hall–Kier alpha value is -1.92. The van der Waals surface area contributed by atoms with Gasteiger partial charge in [-0.05, 0) is 75.3 Å². The fourth-order valence-electron chi connectivity index (χ4n) is 8.18. The summed E-state index contributed by atoms with van der Waals surface area (Å²) in [6.07, 6.45) is 12.0. The fraction of sp³-hybridized carbons (Fsp3) is 0.667. The van der Waals surface area contributed by atoms with Crippen molar-refractivity contribution in [2.24, 2.45) is 11.8 Å². The number of likely N-dealkylation sites (tertiary alicyclic amines) is 1. The molecule has 4 atom stereocenters. The van der Waals surface area contributed by atoms with Crippen LogP contribution >= 0.6 is 11.3 Å². The van der Waals surface area contributed by atoms with Crippen LogP contribution in [0.25, 0.3) is 0 Å². The number of fused-ring (bicyclic) bond motifs is 2. The van der Waals surface area contributed by atoms with Gasteiger partial charge in [-0.15, -0.1) is 11.3 Å². The van der Waals surface area contributed by atoms with Crippen molar-refractivity contribution in [2.75, 3.05) is 26.7 Å². The van der Waals surface area contributed by atoms with Gasteiger partial charge in [0, 0.05) is 17.5 Å². The molecule has 1 amide bonds. The first kappa shape index (κ1) is 24.4. The molecule has 1 saturated carbocycles. The van der Waals surface area contributed by atoms with Crippen LogP contribution in [-0.2, 0) is 16.6 Å². The number of aromatic nitrogens is 1. The molecular weight excluding hydrogens is 466 g/mol. The summed E-state index contributed by atoms with van der Waals surface area (Å²) in [6.45, 7) is 4.99. The van der Waals surface area contributed by atoms with Crippen LogP contribution < -0.4 is 10.1 Å². The lowest BCUT2D eigenvalue weighted by molar-refractivity contribution is -0.640. The topological polar surface area (TPSA) is 59.0 Å². The van der Waals surface area contributed by atoms with Crippen molar-refractivity contribution in [3.05, 3.63) is 45.4 Å². The van der Waals surface area contributed by atoms with E-state index in [0.717, 1.165) is 62.5 Å². The number of thiazole rings is 1. The summed E-state index contributed by atoms with van der Waals surface area (Å²) in [5.74, 6) is 2.63. The van der Waals surface area contributed by atoms with Gasteiger partial charge in [-0.25, -0.2) is 4.98 Å². The lowest BCUT2D eigenvalue weighted by atomic mass is 9.68. The third kappa shape index (κ3) is 4.18. The van der Waals surface area contributed by atoms with Crippen molar-refractivity contribution in [3.63, 3.8) is 0 Å². The average molecular weight is 509 g/mol. The van der Waals surface area contributed by atoms with Gasteiger partial charge >= 0.3 is 0 Å². The summed E-state index contributed by atoms with van der Waals surface area (Å²) in [4.78, 5) is 23.3. The third-order valence-electron chi connectivity index (χ3n) is 9.87. The maximum absolute atomic E-state index is 14.6. The highest BCUT2D eigenvalue weighted by Gasteiger charge is 2.56. The molecule has 6 rings (SSSR count). The number of rotatable bonds is 4. The highest BCUT2D eigenvalue weighted by atomic mass is 32.1. The minimum absolute atomic E-state index is 0.00674. The van der Waals surface area contributed by atoms with Gasteiger partial charge in [0.2, 0.25) is 5.91 Å². The number of piperidine rings is 1. The van der Waals surface area contributed by atoms with Crippen LogP contribution in [-0.4, -0.2) is 48.6 Å². The van der Waals surface area contributed by atoms with E-state index in [9.17, 15) is 4.79 Å². The molecule has 5 nitrogen and oxygen atoms in total. The molecule has 2 aliphatic carbocycles. The summed E-state index contributed by atoms with van der Waals surface area (Å²) < 4.78 is 5.76. The summed E-state index contributed by atoms with van der Waals surface area (Å²) in [5, 5.41) is 3.58. The Kier molecular flexibility index (Phi) is 6.85. The fourth-order valence-corrected chi connectivity index (χ4v) is 9.42. The largest absolute Gasteiger partial charge is 0.496 e. The van der Waals surface area contributed by atoms with Gasteiger partial charge < -0.3 is 15.0 Å². The van der Waals surface area contributed by atoms with Crippen LogP contribution in [0, 0.1) is 18.8 Å². The summed E-state index contributed by atoms with van der Waals surface area (Å²) >= 11 is 1.87. The molecule has 0 radical (unpaired) electrons. The van der Waals surface area contributed by atoms with Crippen molar-refractivity contribution >= 4 is 17.2 Å². The van der Waals surface area contributed by atoms with E-state index < -0.39 is 0 Å². The Balaban J connectivity index is 1.30. The SMILES string of the molecule is COc1ccccc1[C@@H]1CCN(C(=O)[C@@H]2C[NH2+]C[C@]23CCCc2nc(C)sc23)[C@H](C2CCCCC2)C1. The first-order chi connectivity index (χ1) is 17.6. The van der Waals surface area contributed by atoms with Gasteiger partial charge in [0.15, 0.2) is 0 Å². The molecule has 2 aromatic rings. The summed E-state index contributed by atoms with van der Waals surface area (Å²) in [7, 11) is 1.78. The van der Waals surface area contributed by atoms with Crippen LogP contribution in [0.2, 0.25) is 0 Å². The Morgan fingerprint density at radius 3 is 2.83 bits per heavy atom. The second-order valence-electron chi connectivity index (χ2n) is 11.8. The minimum Gasteiger partial charge on any atom is -0.496 e. The van der Waals surface area contributed by atoms with Crippen LogP contribution in [0.4, 0.5) is 0 Å². The van der Waals surface area contributed by atoms with Gasteiger partial charge in [-0.2, -0.15) is 0 Å². The van der Waals surface area contributed by atoms with Crippen molar-refractivity contribution in [2.45, 2.75) is 88.5 Å². The van der Waals surface area contributed by atoms with Crippen molar-refractivity contribution < 1.29 is 14.8 Å². The van der Waals surface area contributed by atoms with Crippen LogP contribution in [0.3, 0.4) is 0 Å². The number of nitrogens with two attached hydrogens (primary N) is 1. The van der Waals surface area contributed by atoms with Crippen molar-refractivity contribution in [1.29, 1.82) is 0 Å². The number of hydrogen-bond donors (Lipinski definition) is 1. The van der Waals surface area contributed by atoms with E-state index in [1.807, 2.05) is 11.3 Å². The van der Waals surface area contributed by atoms with Crippen LogP contribution in [0.1, 0.15) is 84.8 Å². The molecule has 2 N–H and O–H groups in total.